The van der Waals surface area contributed by atoms with Gasteiger partial charge in [-0.2, -0.15) is 0 Å². The predicted molar refractivity (Wildman–Crippen MR) is 55.5 cm³/mol. The van der Waals surface area contributed by atoms with Crippen molar-refractivity contribution in [3.8, 4) is 0 Å². The van der Waals surface area contributed by atoms with Gasteiger partial charge in [-0.05, 0) is 13.1 Å². The van der Waals surface area contributed by atoms with Crippen LogP contribution in [0.4, 0.5) is 0 Å². The molecule has 2 aliphatic rings. The summed E-state index contributed by atoms with van der Waals surface area (Å²) in [6.45, 7) is 1.69. The standard InChI is InChI=1S/C10H15N3O2/c11-6-8-9(12)7(14)5-10(15-8)1-3-13-4-2-10/h6,11,13H,1-5,12H2. The van der Waals surface area contributed by atoms with Gasteiger partial charge in [-0.1, -0.05) is 0 Å². The highest BCUT2D eigenvalue weighted by atomic mass is 16.5. The second kappa shape index (κ2) is 3.66. The Bertz CT molecular complexity index is 330. The third-order valence-corrected chi connectivity index (χ3v) is 3.02. The molecule has 0 saturated carbocycles. The number of allylic oxidation sites excluding steroid dienone is 2. The molecule has 1 spiro atoms. The van der Waals surface area contributed by atoms with Crippen LogP contribution >= 0.6 is 0 Å². The fourth-order valence-electron chi connectivity index (χ4n) is 2.12. The van der Waals surface area contributed by atoms with Crippen molar-refractivity contribution in [2.24, 2.45) is 5.73 Å². The number of ketones is 1. The van der Waals surface area contributed by atoms with Crippen molar-refractivity contribution in [2.45, 2.75) is 24.9 Å². The molecule has 82 valence electrons. The van der Waals surface area contributed by atoms with Crippen molar-refractivity contribution in [2.75, 3.05) is 13.1 Å². The summed E-state index contributed by atoms with van der Waals surface area (Å²) >= 11 is 0. The normalized spacial score (nSPS) is 25.2. The molecule has 0 bridgehead atoms. The lowest BCUT2D eigenvalue weighted by Crippen LogP contribution is -2.48. The van der Waals surface area contributed by atoms with E-state index in [2.05, 4.69) is 5.32 Å². The summed E-state index contributed by atoms with van der Waals surface area (Å²) < 4.78 is 5.70. The van der Waals surface area contributed by atoms with Gasteiger partial charge in [0.25, 0.3) is 0 Å². The molecule has 0 radical (unpaired) electrons. The Hall–Kier alpha value is -1.36. The molecular weight excluding hydrogens is 194 g/mol. The van der Waals surface area contributed by atoms with Crippen molar-refractivity contribution in [1.29, 1.82) is 5.41 Å². The average molecular weight is 209 g/mol. The first-order chi connectivity index (χ1) is 7.17. The summed E-state index contributed by atoms with van der Waals surface area (Å²) in [5.41, 5.74) is 5.23. The fourth-order valence-corrected chi connectivity index (χ4v) is 2.12. The van der Waals surface area contributed by atoms with Crippen molar-refractivity contribution in [3.63, 3.8) is 0 Å². The smallest absolute Gasteiger partial charge is 0.186 e. The largest absolute Gasteiger partial charge is 0.483 e. The summed E-state index contributed by atoms with van der Waals surface area (Å²) in [7, 11) is 0. The Labute approximate surface area is 88.2 Å². The van der Waals surface area contributed by atoms with Gasteiger partial charge >= 0.3 is 0 Å². The van der Waals surface area contributed by atoms with Gasteiger partial charge in [0.2, 0.25) is 0 Å². The number of carbonyl (C=O) groups is 1. The van der Waals surface area contributed by atoms with Crippen molar-refractivity contribution in [1.82, 2.24) is 5.32 Å². The Morgan fingerprint density at radius 3 is 2.73 bits per heavy atom. The highest BCUT2D eigenvalue weighted by molar-refractivity contribution is 6.00. The lowest BCUT2D eigenvalue weighted by atomic mass is 9.84. The quantitative estimate of drug-likeness (QED) is 0.527. The SMILES string of the molecule is N=CC1=C(N)C(=O)CC2(CCNCC2)O1. The van der Waals surface area contributed by atoms with E-state index in [1.54, 1.807) is 0 Å². The second-order valence-corrected chi connectivity index (χ2v) is 4.06. The van der Waals surface area contributed by atoms with Crippen molar-refractivity contribution < 1.29 is 9.53 Å². The number of piperidine rings is 1. The Morgan fingerprint density at radius 1 is 1.47 bits per heavy atom. The van der Waals surface area contributed by atoms with Crippen molar-refractivity contribution >= 4 is 12.0 Å². The number of nitrogens with one attached hydrogen (secondary N) is 2. The number of hydrogen-bond donors (Lipinski definition) is 3. The summed E-state index contributed by atoms with van der Waals surface area (Å²) in [5, 5.41) is 10.4. The lowest BCUT2D eigenvalue weighted by Gasteiger charge is -2.40. The number of hydrogen-bond acceptors (Lipinski definition) is 5. The zero-order valence-corrected chi connectivity index (χ0v) is 8.51. The molecule has 5 nitrogen and oxygen atoms in total. The topological polar surface area (TPSA) is 88.2 Å². The van der Waals surface area contributed by atoms with E-state index in [9.17, 15) is 4.79 Å². The van der Waals surface area contributed by atoms with E-state index >= 15 is 0 Å². The molecular formula is C10H15N3O2. The Balaban J connectivity index is 2.26. The monoisotopic (exact) mass is 209 g/mol. The molecule has 0 atom stereocenters. The molecule has 2 rings (SSSR count). The first kappa shape index (κ1) is 10.2. The van der Waals surface area contributed by atoms with Crippen LogP contribution in [0.3, 0.4) is 0 Å². The Kier molecular flexibility index (Phi) is 2.48. The van der Waals surface area contributed by atoms with Crippen molar-refractivity contribution in [3.05, 3.63) is 11.5 Å². The summed E-state index contributed by atoms with van der Waals surface area (Å²) in [6.07, 6.45) is 2.96. The molecule has 0 aromatic heterocycles. The van der Waals surface area contributed by atoms with Crippen LogP contribution in [0.5, 0.6) is 0 Å². The summed E-state index contributed by atoms with van der Waals surface area (Å²) in [6, 6.07) is 0. The van der Waals surface area contributed by atoms with Gasteiger partial charge < -0.3 is 21.2 Å². The van der Waals surface area contributed by atoms with Crippen LogP contribution in [0.15, 0.2) is 11.5 Å². The van der Waals surface area contributed by atoms with Gasteiger partial charge in [-0.15, -0.1) is 0 Å². The van der Waals surface area contributed by atoms with E-state index in [1.807, 2.05) is 0 Å². The number of nitrogens with two attached hydrogens (primary N) is 1. The minimum absolute atomic E-state index is 0.0918. The number of Topliss-reactive ketones (excluding diaryl/α,β-unsaturated/α-hetero) is 1. The summed E-state index contributed by atoms with van der Waals surface area (Å²) in [4.78, 5) is 11.7. The van der Waals surface area contributed by atoms with Crippen LogP contribution in [0, 0.1) is 5.41 Å². The molecule has 0 aromatic carbocycles. The minimum atomic E-state index is -0.419. The highest BCUT2D eigenvalue weighted by Gasteiger charge is 2.41. The molecule has 0 aliphatic carbocycles. The third-order valence-electron chi connectivity index (χ3n) is 3.02. The minimum Gasteiger partial charge on any atom is -0.483 e. The first-order valence-corrected chi connectivity index (χ1v) is 5.10. The van der Waals surface area contributed by atoms with Gasteiger partial charge in [-0.25, -0.2) is 0 Å². The summed E-state index contributed by atoms with van der Waals surface area (Å²) in [5.74, 6) is 0.134. The maximum absolute atomic E-state index is 11.7. The van der Waals surface area contributed by atoms with Crippen LogP contribution in [-0.2, 0) is 9.53 Å². The second-order valence-electron chi connectivity index (χ2n) is 4.06. The molecule has 0 amide bonds. The van der Waals surface area contributed by atoms with Crippen LogP contribution in [0.25, 0.3) is 0 Å². The van der Waals surface area contributed by atoms with Gasteiger partial charge in [0.05, 0.1) is 12.6 Å². The molecule has 1 fully saturated rings. The van der Waals surface area contributed by atoms with Gasteiger partial charge in [-0.3, -0.25) is 4.79 Å². The Morgan fingerprint density at radius 2 is 2.13 bits per heavy atom. The highest BCUT2D eigenvalue weighted by Crippen LogP contribution is 2.34. The van der Waals surface area contributed by atoms with Gasteiger partial charge in [0.1, 0.15) is 11.3 Å². The molecule has 2 aliphatic heterocycles. The van der Waals surface area contributed by atoms with Crippen LogP contribution in [-0.4, -0.2) is 30.7 Å². The van der Waals surface area contributed by atoms with Crippen LogP contribution in [0.2, 0.25) is 0 Å². The van der Waals surface area contributed by atoms with Crippen LogP contribution in [0.1, 0.15) is 19.3 Å². The van der Waals surface area contributed by atoms with Crippen LogP contribution < -0.4 is 11.1 Å². The van der Waals surface area contributed by atoms with E-state index in [4.69, 9.17) is 15.9 Å². The lowest BCUT2D eigenvalue weighted by molar-refractivity contribution is -0.126. The predicted octanol–water partition coefficient (Wildman–Crippen LogP) is -0.0821. The number of carbonyl (C=O) groups excluding carboxylic acids is 1. The molecule has 4 N–H and O–H groups in total. The van der Waals surface area contributed by atoms with Gasteiger partial charge in [0, 0.05) is 12.8 Å². The molecule has 5 heteroatoms. The first-order valence-electron chi connectivity index (χ1n) is 5.10. The fraction of sp³-hybridized carbons (Fsp3) is 0.600. The molecule has 0 aromatic rings. The zero-order valence-electron chi connectivity index (χ0n) is 8.51. The van der Waals surface area contributed by atoms with E-state index < -0.39 is 5.60 Å². The number of rotatable bonds is 1. The van der Waals surface area contributed by atoms with Gasteiger partial charge in [0.15, 0.2) is 11.5 Å². The number of ether oxygens (including phenoxy) is 1. The van der Waals surface area contributed by atoms with E-state index in [-0.39, 0.29) is 17.2 Å². The molecule has 1 saturated heterocycles. The zero-order chi connectivity index (χ0) is 10.9. The van der Waals surface area contributed by atoms with E-state index in [1.165, 1.54) is 0 Å². The molecule has 2 heterocycles. The maximum Gasteiger partial charge on any atom is 0.186 e. The maximum atomic E-state index is 11.7. The molecule has 0 unspecified atom stereocenters. The average Bonchev–Trinajstić information content (AvgIpc) is 2.25. The molecule has 15 heavy (non-hydrogen) atoms. The van der Waals surface area contributed by atoms with E-state index in [0.717, 1.165) is 32.1 Å². The van der Waals surface area contributed by atoms with E-state index in [0.29, 0.717) is 6.42 Å². The third kappa shape index (κ3) is 1.74.